The molecule has 0 heterocycles. The van der Waals surface area contributed by atoms with E-state index in [1.54, 1.807) is 13.8 Å². The molecule has 0 rings (SSSR count). The maximum absolute atomic E-state index is 11.8. The minimum atomic E-state index is -4.39. The van der Waals surface area contributed by atoms with Gasteiger partial charge in [0.2, 0.25) is 5.91 Å². The third-order valence-electron chi connectivity index (χ3n) is 1.76. The summed E-state index contributed by atoms with van der Waals surface area (Å²) >= 11 is 3.17. The van der Waals surface area contributed by atoms with Gasteiger partial charge < -0.3 is 9.64 Å². The lowest BCUT2D eigenvalue weighted by Gasteiger charge is -2.25. The van der Waals surface area contributed by atoms with Gasteiger partial charge >= 0.3 is 6.18 Å². The lowest BCUT2D eigenvalue weighted by atomic mass is 10.3. The predicted octanol–water partition coefficient (Wildman–Crippen LogP) is 2.20. The number of hydrogen-bond donors (Lipinski definition) is 0. The first kappa shape index (κ1) is 15.7. The number of rotatable bonds is 6. The van der Waals surface area contributed by atoms with Crippen molar-refractivity contribution < 1.29 is 22.7 Å². The lowest BCUT2D eigenvalue weighted by molar-refractivity contribution is -0.178. The maximum Gasteiger partial charge on any atom is 0.411 e. The van der Waals surface area contributed by atoms with Crippen molar-refractivity contribution >= 4 is 21.8 Å². The minimum Gasteiger partial charge on any atom is -0.362 e. The number of carbonyl (C=O) groups is 1. The summed E-state index contributed by atoms with van der Waals surface area (Å²) in [5.41, 5.74) is 0. The summed E-state index contributed by atoms with van der Waals surface area (Å²) in [6.45, 7) is 2.12. The molecule has 0 spiro atoms. The van der Waals surface area contributed by atoms with Gasteiger partial charge in [0.25, 0.3) is 0 Å². The van der Waals surface area contributed by atoms with E-state index >= 15 is 0 Å². The Bertz CT molecular complexity index is 221. The summed E-state index contributed by atoms with van der Waals surface area (Å²) in [5, 5.41) is 0.580. The van der Waals surface area contributed by atoms with Gasteiger partial charge in [-0.05, 0) is 13.8 Å². The highest BCUT2D eigenvalue weighted by atomic mass is 79.9. The topological polar surface area (TPSA) is 29.5 Å². The van der Waals surface area contributed by atoms with E-state index in [1.807, 2.05) is 0 Å². The van der Waals surface area contributed by atoms with Gasteiger partial charge in [-0.2, -0.15) is 13.2 Å². The fourth-order valence-corrected chi connectivity index (χ4v) is 1.48. The Morgan fingerprint density at radius 3 is 2.38 bits per heavy atom. The van der Waals surface area contributed by atoms with Crippen molar-refractivity contribution in [1.82, 2.24) is 4.90 Å². The molecule has 0 aromatic rings. The highest BCUT2D eigenvalue weighted by molar-refractivity contribution is 9.09. The molecular formula is C9H15BrF3NO2. The molecule has 0 saturated carbocycles. The van der Waals surface area contributed by atoms with Crippen LogP contribution < -0.4 is 0 Å². The van der Waals surface area contributed by atoms with Gasteiger partial charge in [0.05, 0.1) is 0 Å². The zero-order valence-electron chi connectivity index (χ0n) is 9.18. The van der Waals surface area contributed by atoms with E-state index in [-0.39, 0.29) is 6.04 Å². The molecule has 7 heteroatoms. The molecule has 16 heavy (non-hydrogen) atoms. The van der Waals surface area contributed by atoms with Crippen molar-refractivity contribution in [3.63, 3.8) is 0 Å². The molecule has 0 unspecified atom stereocenters. The third-order valence-corrected chi connectivity index (χ3v) is 2.12. The number of halogens is 4. The molecule has 3 nitrogen and oxygen atoms in total. The van der Waals surface area contributed by atoms with Gasteiger partial charge in [-0.1, -0.05) is 15.9 Å². The van der Waals surface area contributed by atoms with E-state index in [0.29, 0.717) is 11.9 Å². The molecule has 0 bridgehead atoms. The molecule has 0 aliphatic heterocycles. The number of hydrogen-bond acceptors (Lipinski definition) is 2. The zero-order chi connectivity index (χ0) is 12.8. The standard InChI is InChI=1S/C9H15BrF3NO2/c1-7(2)14(4-3-10)8(15)5-16-6-9(11,12)13/h7H,3-6H2,1-2H3. The highest BCUT2D eigenvalue weighted by Gasteiger charge is 2.28. The smallest absolute Gasteiger partial charge is 0.362 e. The van der Waals surface area contributed by atoms with E-state index in [1.165, 1.54) is 4.90 Å². The quantitative estimate of drug-likeness (QED) is 0.704. The highest BCUT2D eigenvalue weighted by Crippen LogP contribution is 2.14. The second-order valence-corrected chi connectivity index (χ2v) is 4.27. The fourth-order valence-electron chi connectivity index (χ4n) is 1.10. The summed E-state index contributed by atoms with van der Waals surface area (Å²) in [4.78, 5) is 12.9. The monoisotopic (exact) mass is 305 g/mol. The summed E-state index contributed by atoms with van der Waals surface area (Å²) in [6.07, 6.45) is -4.39. The molecule has 0 aromatic carbocycles. The van der Waals surface area contributed by atoms with E-state index in [4.69, 9.17) is 0 Å². The average Bonchev–Trinajstić information content (AvgIpc) is 2.11. The van der Waals surface area contributed by atoms with E-state index in [2.05, 4.69) is 20.7 Å². The van der Waals surface area contributed by atoms with E-state index in [0.717, 1.165) is 0 Å². The van der Waals surface area contributed by atoms with Crippen LogP contribution in [-0.2, 0) is 9.53 Å². The van der Waals surface area contributed by atoms with Gasteiger partial charge in [0, 0.05) is 17.9 Å². The largest absolute Gasteiger partial charge is 0.411 e. The Morgan fingerprint density at radius 2 is 2.00 bits per heavy atom. The van der Waals surface area contributed by atoms with Crippen LogP contribution >= 0.6 is 15.9 Å². The Hall–Kier alpha value is -0.300. The van der Waals surface area contributed by atoms with Crippen LogP contribution in [0.1, 0.15) is 13.8 Å². The Balaban J connectivity index is 4.02. The van der Waals surface area contributed by atoms with E-state index in [9.17, 15) is 18.0 Å². The summed E-state index contributed by atoms with van der Waals surface area (Å²) < 4.78 is 39.6. The van der Waals surface area contributed by atoms with Crippen LogP contribution in [-0.4, -0.2) is 48.1 Å². The molecule has 0 aliphatic rings. The van der Waals surface area contributed by atoms with Crippen molar-refractivity contribution in [1.29, 1.82) is 0 Å². The van der Waals surface area contributed by atoms with Gasteiger partial charge in [-0.15, -0.1) is 0 Å². The SMILES string of the molecule is CC(C)N(CCBr)C(=O)COCC(F)(F)F. The molecule has 0 aliphatic carbocycles. The first-order chi connectivity index (χ1) is 7.28. The molecule has 0 aromatic heterocycles. The summed E-state index contributed by atoms with van der Waals surface area (Å²) in [7, 11) is 0. The molecule has 0 atom stereocenters. The van der Waals surface area contributed by atoms with Gasteiger partial charge in [0.1, 0.15) is 13.2 Å². The second-order valence-electron chi connectivity index (χ2n) is 3.48. The summed E-state index contributed by atoms with van der Waals surface area (Å²) in [5.74, 6) is -0.432. The van der Waals surface area contributed by atoms with Crippen molar-refractivity contribution in [3.05, 3.63) is 0 Å². The number of amides is 1. The first-order valence-electron chi connectivity index (χ1n) is 4.78. The lowest BCUT2D eigenvalue weighted by Crippen LogP contribution is -2.41. The number of nitrogens with zero attached hydrogens (tertiary/aromatic N) is 1. The van der Waals surface area contributed by atoms with Crippen LogP contribution in [0.25, 0.3) is 0 Å². The van der Waals surface area contributed by atoms with Crippen LogP contribution in [0, 0.1) is 0 Å². The van der Waals surface area contributed by atoms with Crippen molar-refractivity contribution in [2.24, 2.45) is 0 Å². The minimum absolute atomic E-state index is 0.0560. The average molecular weight is 306 g/mol. The Kier molecular flexibility index (Phi) is 6.98. The Morgan fingerprint density at radius 1 is 1.44 bits per heavy atom. The van der Waals surface area contributed by atoms with Gasteiger partial charge in [-0.25, -0.2) is 0 Å². The molecule has 1 amide bonds. The van der Waals surface area contributed by atoms with Gasteiger partial charge in [0.15, 0.2) is 0 Å². The van der Waals surface area contributed by atoms with Crippen molar-refractivity contribution in [2.75, 3.05) is 25.1 Å². The number of ether oxygens (including phenoxy) is 1. The molecule has 96 valence electrons. The first-order valence-corrected chi connectivity index (χ1v) is 5.90. The summed E-state index contributed by atoms with van der Waals surface area (Å²) in [6, 6.07) is -0.0560. The fraction of sp³-hybridized carbons (Fsp3) is 0.889. The number of carbonyl (C=O) groups excluding carboxylic acids is 1. The van der Waals surface area contributed by atoms with Crippen LogP contribution in [0.2, 0.25) is 0 Å². The molecule has 0 N–H and O–H groups in total. The van der Waals surface area contributed by atoms with Crippen molar-refractivity contribution in [2.45, 2.75) is 26.1 Å². The Labute approximate surface area is 101 Å². The van der Waals surface area contributed by atoms with Crippen LogP contribution in [0.3, 0.4) is 0 Å². The molecule has 0 radical (unpaired) electrons. The molecule has 0 saturated heterocycles. The maximum atomic E-state index is 11.8. The third kappa shape index (κ3) is 7.05. The van der Waals surface area contributed by atoms with Crippen molar-refractivity contribution in [3.8, 4) is 0 Å². The second kappa shape index (κ2) is 7.11. The zero-order valence-corrected chi connectivity index (χ0v) is 10.8. The van der Waals surface area contributed by atoms with Crippen LogP contribution in [0.5, 0.6) is 0 Å². The van der Waals surface area contributed by atoms with Crippen LogP contribution in [0.15, 0.2) is 0 Å². The molecule has 0 fully saturated rings. The van der Waals surface area contributed by atoms with Crippen LogP contribution in [0.4, 0.5) is 13.2 Å². The molecular weight excluding hydrogens is 291 g/mol. The predicted molar refractivity (Wildman–Crippen MR) is 57.5 cm³/mol. The van der Waals surface area contributed by atoms with E-state index < -0.39 is 25.3 Å². The van der Waals surface area contributed by atoms with Gasteiger partial charge in [-0.3, -0.25) is 4.79 Å². The normalized spacial score (nSPS) is 11.9. The number of alkyl halides is 4.